The van der Waals surface area contributed by atoms with Gasteiger partial charge in [0.1, 0.15) is 0 Å². The molecule has 0 radical (unpaired) electrons. The molecule has 0 amide bonds. The van der Waals surface area contributed by atoms with Crippen LogP contribution in [0.2, 0.25) is 0 Å². The molecule has 1 aromatic heterocycles. The molecular formula is C18H23NOS. The maximum Gasteiger partial charge on any atom is 0.0626 e. The molecule has 2 aromatic rings. The van der Waals surface area contributed by atoms with Crippen LogP contribution in [0.25, 0.3) is 0 Å². The number of hydrogen-bond donors (Lipinski definition) is 2. The van der Waals surface area contributed by atoms with E-state index in [9.17, 15) is 5.11 Å². The summed E-state index contributed by atoms with van der Waals surface area (Å²) in [6.07, 6.45) is 5.26. The number of thiophene rings is 1. The molecule has 2 nitrogen and oxygen atoms in total. The van der Waals surface area contributed by atoms with Crippen LogP contribution in [-0.4, -0.2) is 11.7 Å². The highest BCUT2D eigenvalue weighted by molar-refractivity contribution is 7.10. The second-order valence-electron chi connectivity index (χ2n) is 5.85. The minimum Gasteiger partial charge on any atom is -0.394 e. The first-order chi connectivity index (χ1) is 10.4. The van der Waals surface area contributed by atoms with Gasteiger partial charge >= 0.3 is 0 Å². The highest BCUT2D eigenvalue weighted by Crippen LogP contribution is 2.38. The van der Waals surface area contributed by atoms with Gasteiger partial charge < -0.3 is 10.4 Å². The lowest BCUT2D eigenvalue weighted by atomic mass is 9.94. The van der Waals surface area contributed by atoms with Gasteiger partial charge in [-0.3, -0.25) is 0 Å². The van der Waals surface area contributed by atoms with Gasteiger partial charge in [-0.2, -0.15) is 0 Å². The van der Waals surface area contributed by atoms with Crippen molar-refractivity contribution in [3.63, 3.8) is 0 Å². The molecule has 1 aromatic carbocycles. The summed E-state index contributed by atoms with van der Waals surface area (Å²) in [4.78, 5) is 1.40. The molecule has 3 rings (SSSR count). The number of rotatable bonds is 6. The Labute approximate surface area is 130 Å². The predicted octanol–water partition coefficient (Wildman–Crippen LogP) is 4.30. The Morgan fingerprint density at radius 3 is 2.48 bits per heavy atom. The summed E-state index contributed by atoms with van der Waals surface area (Å²) in [5.74, 6) is 0.696. The molecule has 1 unspecified atom stereocenters. The van der Waals surface area contributed by atoms with E-state index in [1.807, 2.05) is 29.5 Å². The van der Waals surface area contributed by atoms with Crippen LogP contribution in [0.4, 0.5) is 0 Å². The van der Waals surface area contributed by atoms with E-state index in [1.165, 1.54) is 36.1 Å². The lowest BCUT2D eigenvalue weighted by molar-refractivity contribution is 0.217. The largest absolute Gasteiger partial charge is 0.394 e. The summed E-state index contributed by atoms with van der Waals surface area (Å²) < 4.78 is 0. The average molecular weight is 301 g/mol. The first-order valence-corrected chi connectivity index (χ1v) is 8.71. The predicted molar refractivity (Wildman–Crippen MR) is 88.4 cm³/mol. The normalized spacial score (nSPS) is 18.7. The highest BCUT2D eigenvalue weighted by Gasteiger charge is 2.29. The second-order valence-corrected chi connectivity index (χ2v) is 6.83. The molecule has 1 saturated carbocycles. The van der Waals surface area contributed by atoms with Crippen LogP contribution in [0.3, 0.4) is 0 Å². The van der Waals surface area contributed by atoms with Crippen LogP contribution in [0, 0.1) is 5.92 Å². The molecule has 2 N–H and O–H groups in total. The second kappa shape index (κ2) is 7.21. The fourth-order valence-electron chi connectivity index (χ4n) is 3.37. The number of benzene rings is 1. The number of aliphatic hydroxyl groups is 1. The average Bonchev–Trinajstić information content (AvgIpc) is 3.23. The third-order valence-corrected chi connectivity index (χ3v) is 5.44. The summed E-state index contributed by atoms with van der Waals surface area (Å²) in [7, 11) is 0. The Balaban J connectivity index is 1.80. The zero-order valence-corrected chi connectivity index (χ0v) is 13.1. The molecule has 1 aliphatic carbocycles. The van der Waals surface area contributed by atoms with Gasteiger partial charge in [-0.25, -0.2) is 0 Å². The Morgan fingerprint density at radius 1 is 1.10 bits per heavy atom. The van der Waals surface area contributed by atoms with E-state index in [4.69, 9.17) is 0 Å². The van der Waals surface area contributed by atoms with Crippen LogP contribution in [0.15, 0.2) is 47.8 Å². The van der Waals surface area contributed by atoms with Crippen LogP contribution in [0.5, 0.6) is 0 Å². The van der Waals surface area contributed by atoms with Crippen LogP contribution >= 0.6 is 11.3 Å². The van der Waals surface area contributed by atoms with Gasteiger partial charge in [0.25, 0.3) is 0 Å². The molecular weight excluding hydrogens is 278 g/mol. The summed E-state index contributed by atoms with van der Waals surface area (Å²) >= 11 is 1.82. The van der Waals surface area contributed by atoms with Crippen molar-refractivity contribution in [3.05, 3.63) is 58.3 Å². The van der Waals surface area contributed by atoms with E-state index in [2.05, 4.69) is 35.0 Å². The molecule has 1 fully saturated rings. The van der Waals surface area contributed by atoms with E-state index in [0.29, 0.717) is 12.0 Å². The third-order valence-electron chi connectivity index (χ3n) is 4.49. The summed E-state index contributed by atoms with van der Waals surface area (Å²) in [6, 6.07) is 15.0. The molecule has 21 heavy (non-hydrogen) atoms. The molecule has 0 saturated heterocycles. The van der Waals surface area contributed by atoms with Gasteiger partial charge in [0, 0.05) is 10.9 Å². The van der Waals surface area contributed by atoms with Gasteiger partial charge in [0.2, 0.25) is 0 Å². The smallest absolute Gasteiger partial charge is 0.0626 e. The van der Waals surface area contributed by atoms with Crippen LogP contribution < -0.4 is 5.32 Å². The molecule has 1 heterocycles. The van der Waals surface area contributed by atoms with Crippen molar-refractivity contribution in [2.75, 3.05) is 6.61 Å². The zero-order chi connectivity index (χ0) is 14.5. The van der Waals surface area contributed by atoms with Crippen molar-refractivity contribution in [1.82, 2.24) is 5.32 Å². The molecule has 0 aliphatic heterocycles. The maximum atomic E-state index is 9.81. The molecule has 0 bridgehead atoms. The van der Waals surface area contributed by atoms with E-state index in [0.717, 1.165) is 0 Å². The summed E-state index contributed by atoms with van der Waals surface area (Å²) in [5, 5.41) is 15.7. The van der Waals surface area contributed by atoms with Crippen LogP contribution in [0.1, 0.15) is 48.2 Å². The quantitative estimate of drug-likeness (QED) is 0.833. The lowest BCUT2D eigenvalue weighted by Gasteiger charge is -2.28. The van der Waals surface area contributed by atoms with Crippen molar-refractivity contribution >= 4 is 11.3 Å². The van der Waals surface area contributed by atoms with Crippen molar-refractivity contribution < 1.29 is 5.11 Å². The third kappa shape index (κ3) is 3.54. The first-order valence-electron chi connectivity index (χ1n) is 7.83. The zero-order valence-electron chi connectivity index (χ0n) is 12.2. The van der Waals surface area contributed by atoms with Gasteiger partial charge in [-0.1, -0.05) is 49.2 Å². The Bertz CT molecular complexity index is 519. The Hall–Kier alpha value is -1.16. The standard InChI is InChI=1S/C18H23NOS/c20-13-16(14-7-2-1-3-8-14)19-18(15-9-4-5-10-15)17-11-6-12-21-17/h1-3,6-8,11-12,15-16,18-20H,4-5,9-10,13H2/t16-,18?/m0/s1. The molecule has 112 valence electrons. The monoisotopic (exact) mass is 301 g/mol. The topological polar surface area (TPSA) is 32.3 Å². The molecule has 0 spiro atoms. The Kier molecular flexibility index (Phi) is 5.07. The van der Waals surface area contributed by atoms with E-state index in [-0.39, 0.29) is 12.6 Å². The summed E-state index contributed by atoms with van der Waals surface area (Å²) in [6.45, 7) is 0.138. The minimum atomic E-state index is 0.0129. The highest BCUT2D eigenvalue weighted by atomic mass is 32.1. The maximum absolute atomic E-state index is 9.81. The van der Waals surface area contributed by atoms with Crippen molar-refractivity contribution in [2.24, 2.45) is 5.92 Å². The Morgan fingerprint density at radius 2 is 1.86 bits per heavy atom. The molecule has 1 aliphatic rings. The summed E-state index contributed by atoms with van der Waals surface area (Å²) in [5.41, 5.74) is 1.17. The first kappa shape index (κ1) is 14.8. The van der Waals surface area contributed by atoms with E-state index >= 15 is 0 Å². The van der Waals surface area contributed by atoms with Gasteiger partial charge in [0.15, 0.2) is 0 Å². The number of aliphatic hydroxyl groups excluding tert-OH is 1. The van der Waals surface area contributed by atoms with Crippen molar-refractivity contribution in [3.8, 4) is 0 Å². The fraction of sp³-hybridized carbons (Fsp3) is 0.444. The SMILES string of the molecule is OC[C@H](NC(c1cccs1)C1CCCC1)c1ccccc1. The lowest BCUT2D eigenvalue weighted by Crippen LogP contribution is -2.32. The van der Waals surface area contributed by atoms with E-state index < -0.39 is 0 Å². The molecule has 3 heteroatoms. The fourth-order valence-corrected chi connectivity index (χ4v) is 4.24. The minimum absolute atomic E-state index is 0.0129. The van der Waals surface area contributed by atoms with Crippen molar-refractivity contribution in [2.45, 2.75) is 37.8 Å². The van der Waals surface area contributed by atoms with Gasteiger partial charge in [-0.15, -0.1) is 11.3 Å². The number of nitrogens with one attached hydrogen (secondary N) is 1. The van der Waals surface area contributed by atoms with Gasteiger partial charge in [-0.05, 0) is 35.8 Å². The van der Waals surface area contributed by atoms with Crippen LogP contribution in [-0.2, 0) is 0 Å². The van der Waals surface area contributed by atoms with Gasteiger partial charge in [0.05, 0.1) is 12.6 Å². The van der Waals surface area contributed by atoms with E-state index in [1.54, 1.807) is 0 Å². The molecule has 2 atom stereocenters. The number of hydrogen-bond acceptors (Lipinski definition) is 3. The van der Waals surface area contributed by atoms with Crippen molar-refractivity contribution in [1.29, 1.82) is 0 Å².